The molecule has 25 heavy (non-hydrogen) atoms. The quantitative estimate of drug-likeness (QED) is 0.537. The minimum Gasteiger partial charge on any atom is -0.508 e. The highest BCUT2D eigenvalue weighted by Crippen LogP contribution is 2.25. The fourth-order valence-corrected chi connectivity index (χ4v) is 2.58. The Morgan fingerprint density at radius 2 is 1.96 bits per heavy atom. The fraction of sp³-hybridized carbons (Fsp3) is 0.278. The molecular weight excluding hydrogens is 361 g/mol. The third-order valence-electron chi connectivity index (χ3n) is 3.75. The molecule has 0 aromatic heterocycles. The van der Waals surface area contributed by atoms with Crippen LogP contribution in [0.15, 0.2) is 41.4 Å². The van der Waals surface area contributed by atoms with Gasteiger partial charge in [0, 0.05) is 19.2 Å². The average molecular weight is 382 g/mol. The van der Waals surface area contributed by atoms with Gasteiger partial charge in [-0.25, -0.2) is 0 Å². The Balaban J connectivity index is 2.02. The molecule has 7 heteroatoms. The summed E-state index contributed by atoms with van der Waals surface area (Å²) in [6.07, 6.45) is 0. The molecular formula is C18H21Cl2N3O2. The first kappa shape index (κ1) is 19.2. The number of halogens is 2. The summed E-state index contributed by atoms with van der Waals surface area (Å²) >= 11 is 12.0. The summed E-state index contributed by atoms with van der Waals surface area (Å²) in [6.45, 7) is 2.40. The highest BCUT2D eigenvalue weighted by atomic mass is 35.5. The number of phenolic OH excluding ortho intramolecular Hbond substituents is 1. The van der Waals surface area contributed by atoms with Crippen LogP contribution in [0.2, 0.25) is 10.0 Å². The molecule has 0 saturated heterocycles. The summed E-state index contributed by atoms with van der Waals surface area (Å²) in [7, 11) is 3.27. The smallest absolute Gasteiger partial charge is 0.191 e. The monoisotopic (exact) mass is 381 g/mol. The summed E-state index contributed by atoms with van der Waals surface area (Å²) < 4.78 is 5.18. The molecule has 0 aliphatic heterocycles. The number of benzene rings is 2. The van der Waals surface area contributed by atoms with Crippen LogP contribution in [0.25, 0.3) is 0 Å². The molecule has 134 valence electrons. The van der Waals surface area contributed by atoms with Crippen molar-refractivity contribution in [2.75, 3.05) is 14.2 Å². The number of rotatable bonds is 5. The lowest BCUT2D eigenvalue weighted by atomic mass is 10.1. The highest BCUT2D eigenvalue weighted by Gasteiger charge is 2.10. The molecule has 0 aliphatic carbocycles. The van der Waals surface area contributed by atoms with E-state index in [1.807, 2.05) is 19.1 Å². The number of hydrogen-bond acceptors (Lipinski definition) is 3. The number of phenols is 1. The van der Waals surface area contributed by atoms with Crippen LogP contribution < -0.4 is 15.4 Å². The predicted molar refractivity (Wildman–Crippen MR) is 103 cm³/mol. The second-order valence-corrected chi connectivity index (χ2v) is 6.27. The second kappa shape index (κ2) is 8.83. The zero-order valence-corrected chi connectivity index (χ0v) is 15.8. The molecule has 2 rings (SSSR count). The van der Waals surface area contributed by atoms with Crippen molar-refractivity contribution in [3.8, 4) is 11.5 Å². The van der Waals surface area contributed by atoms with Gasteiger partial charge in [-0.15, -0.1) is 0 Å². The largest absolute Gasteiger partial charge is 0.508 e. The summed E-state index contributed by atoms with van der Waals surface area (Å²) in [5.41, 5.74) is 1.70. The van der Waals surface area contributed by atoms with Gasteiger partial charge >= 0.3 is 0 Å². The van der Waals surface area contributed by atoms with Gasteiger partial charge < -0.3 is 20.5 Å². The van der Waals surface area contributed by atoms with Gasteiger partial charge in [0.2, 0.25) is 0 Å². The van der Waals surface area contributed by atoms with Gasteiger partial charge in [-0.3, -0.25) is 4.99 Å². The maximum atomic E-state index is 9.95. The Hall–Kier alpha value is -2.11. The average Bonchev–Trinajstić information content (AvgIpc) is 2.61. The fourth-order valence-electron chi connectivity index (χ4n) is 2.27. The van der Waals surface area contributed by atoms with Gasteiger partial charge in [0.1, 0.15) is 11.5 Å². The van der Waals surface area contributed by atoms with E-state index in [9.17, 15) is 5.11 Å². The van der Waals surface area contributed by atoms with E-state index >= 15 is 0 Å². The van der Waals surface area contributed by atoms with Gasteiger partial charge in [-0.1, -0.05) is 29.3 Å². The number of methoxy groups -OCH3 is 1. The van der Waals surface area contributed by atoms with Crippen LogP contribution in [0.3, 0.4) is 0 Å². The Bertz CT molecular complexity index is 766. The maximum absolute atomic E-state index is 9.95. The van der Waals surface area contributed by atoms with Crippen molar-refractivity contribution in [2.24, 2.45) is 4.99 Å². The topological polar surface area (TPSA) is 65.9 Å². The molecule has 1 unspecified atom stereocenters. The molecule has 0 radical (unpaired) electrons. The zero-order valence-electron chi connectivity index (χ0n) is 14.3. The highest BCUT2D eigenvalue weighted by molar-refractivity contribution is 6.42. The molecule has 5 nitrogen and oxygen atoms in total. The van der Waals surface area contributed by atoms with E-state index in [1.165, 1.54) is 0 Å². The van der Waals surface area contributed by atoms with Crippen molar-refractivity contribution in [1.82, 2.24) is 10.6 Å². The van der Waals surface area contributed by atoms with E-state index in [1.54, 1.807) is 38.4 Å². The Labute approximate surface area is 157 Å². The predicted octanol–water partition coefficient (Wildman–Crippen LogP) is 4.13. The van der Waals surface area contributed by atoms with Crippen LogP contribution in [-0.2, 0) is 6.54 Å². The lowest BCUT2D eigenvalue weighted by molar-refractivity contribution is 0.410. The number of guanidine groups is 1. The van der Waals surface area contributed by atoms with E-state index in [0.717, 1.165) is 5.56 Å². The van der Waals surface area contributed by atoms with E-state index in [-0.39, 0.29) is 11.8 Å². The molecule has 0 fully saturated rings. The van der Waals surface area contributed by atoms with Gasteiger partial charge in [-0.05, 0) is 42.8 Å². The molecule has 0 aliphatic rings. The zero-order chi connectivity index (χ0) is 18.4. The van der Waals surface area contributed by atoms with Gasteiger partial charge in [-0.2, -0.15) is 0 Å². The van der Waals surface area contributed by atoms with Gasteiger partial charge in [0.05, 0.1) is 23.2 Å². The summed E-state index contributed by atoms with van der Waals surface area (Å²) in [5.74, 6) is 1.48. The van der Waals surface area contributed by atoms with Crippen LogP contribution in [0.1, 0.15) is 24.1 Å². The molecule has 2 aromatic rings. The first-order chi connectivity index (χ1) is 11.9. The van der Waals surface area contributed by atoms with Gasteiger partial charge in [0.25, 0.3) is 0 Å². The summed E-state index contributed by atoms with van der Waals surface area (Å²) in [4.78, 5) is 4.20. The van der Waals surface area contributed by atoms with Crippen molar-refractivity contribution >= 4 is 29.2 Å². The van der Waals surface area contributed by atoms with E-state index in [4.69, 9.17) is 27.9 Å². The summed E-state index contributed by atoms with van der Waals surface area (Å²) in [5, 5.41) is 17.4. The third kappa shape index (κ3) is 5.18. The lowest BCUT2D eigenvalue weighted by Gasteiger charge is -2.19. The van der Waals surface area contributed by atoms with E-state index < -0.39 is 0 Å². The van der Waals surface area contributed by atoms with Gasteiger partial charge in [0.15, 0.2) is 5.96 Å². The summed E-state index contributed by atoms with van der Waals surface area (Å²) in [6, 6.07) is 10.6. The molecule has 2 aromatic carbocycles. The Kier molecular flexibility index (Phi) is 6.79. The number of aromatic hydroxyl groups is 1. The first-order valence-electron chi connectivity index (χ1n) is 7.72. The first-order valence-corrected chi connectivity index (χ1v) is 8.48. The van der Waals surface area contributed by atoms with Crippen molar-refractivity contribution in [3.63, 3.8) is 0 Å². The van der Waals surface area contributed by atoms with Crippen LogP contribution in [0.4, 0.5) is 0 Å². The minimum atomic E-state index is -0.0279. The normalized spacial score (nSPS) is 12.6. The Morgan fingerprint density at radius 1 is 1.20 bits per heavy atom. The number of nitrogens with one attached hydrogen (secondary N) is 2. The van der Waals surface area contributed by atoms with E-state index in [0.29, 0.717) is 33.9 Å². The lowest BCUT2D eigenvalue weighted by Crippen LogP contribution is -2.38. The van der Waals surface area contributed by atoms with Crippen molar-refractivity contribution in [3.05, 3.63) is 57.6 Å². The SMILES string of the molecule is CN=C(NCc1cc(OC)ccc1O)NC(C)c1ccc(Cl)c(Cl)c1. The van der Waals surface area contributed by atoms with E-state index in [2.05, 4.69) is 15.6 Å². The molecule has 0 bridgehead atoms. The molecule has 1 atom stereocenters. The molecule has 0 spiro atoms. The number of hydrogen-bond donors (Lipinski definition) is 3. The van der Waals surface area contributed by atoms with Crippen LogP contribution in [-0.4, -0.2) is 25.2 Å². The second-order valence-electron chi connectivity index (χ2n) is 5.46. The molecule has 0 amide bonds. The number of ether oxygens (including phenoxy) is 1. The Morgan fingerprint density at radius 3 is 2.60 bits per heavy atom. The maximum Gasteiger partial charge on any atom is 0.191 e. The van der Waals surface area contributed by atoms with Crippen LogP contribution >= 0.6 is 23.2 Å². The molecule has 0 heterocycles. The number of nitrogens with zero attached hydrogens (tertiary/aromatic N) is 1. The third-order valence-corrected chi connectivity index (χ3v) is 4.49. The molecule has 0 saturated carbocycles. The minimum absolute atomic E-state index is 0.0279. The van der Waals surface area contributed by atoms with Crippen LogP contribution in [0, 0.1) is 0 Å². The van der Waals surface area contributed by atoms with Crippen molar-refractivity contribution in [1.29, 1.82) is 0 Å². The van der Waals surface area contributed by atoms with Crippen molar-refractivity contribution in [2.45, 2.75) is 19.5 Å². The molecule has 3 N–H and O–H groups in total. The van der Waals surface area contributed by atoms with Crippen LogP contribution in [0.5, 0.6) is 11.5 Å². The standard InChI is InChI=1S/C18H21Cl2N3O2/c1-11(12-4-6-15(19)16(20)9-12)23-18(21-2)22-10-13-8-14(25-3)5-7-17(13)24/h4-9,11,24H,10H2,1-3H3,(H2,21,22,23). The van der Waals surface area contributed by atoms with Crippen molar-refractivity contribution < 1.29 is 9.84 Å². The number of aliphatic imine (C=N–C) groups is 1.